The van der Waals surface area contributed by atoms with Crippen LogP contribution < -0.4 is 4.74 Å². The number of aromatic nitrogens is 3. The molecule has 5 heteroatoms. The molecule has 1 aliphatic heterocycles. The molecule has 2 aromatic rings. The molecule has 1 aromatic carbocycles. The Morgan fingerprint density at radius 2 is 2.18 bits per heavy atom. The van der Waals surface area contributed by atoms with Crippen LogP contribution in [0.1, 0.15) is 17.4 Å². The van der Waals surface area contributed by atoms with Crippen LogP contribution >= 0.6 is 0 Å². The van der Waals surface area contributed by atoms with Crippen LogP contribution in [-0.2, 0) is 17.9 Å². The smallest absolute Gasteiger partial charge is 0.118 e. The molecule has 0 saturated heterocycles. The molecule has 0 amide bonds. The van der Waals surface area contributed by atoms with E-state index in [0.29, 0.717) is 13.2 Å². The van der Waals surface area contributed by atoms with E-state index < -0.39 is 0 Å². The van der Waals surface area contributed by atoms with Gasteiger partial charge in [0.1, 0.15) is 11.9 Å². The summed E-state index contributed by atoms with van der Waals surface area (Å²) in [5, 5.41) is 7.90. The highest BCUT2D eigenvalue weighted by Gasteiger charge is 2.21. The summed E-state index contributed by atoms with van der Waals surface area (Å²) in [6.07, 6.45) is 1.78. The molecule has 1 aliphatic rings. The van der Waals surface area contributed by atoms with Crippen molar-refractivity contribution in [3.63, 3.8) is 0 Å². The van der Waals surface area contributed by atoms with E-state index in [1.54, 1.807) is 13.3 Å². The highest BCUT2D eigenvalue weighted by atomic mass is 16.5. The number of hydrogen-bond acceptors (Lipinski definition) is 4. The van der Waals surface area contributed by atoms with Gasteiger partial charge in [0, 0.05) is 0 Å². The van der Waals surface area contributed by atoms with Gasteiger partial charge in [0.15, 0.2) is 0 Å². The largest absolute Gasteiger partial charge is 0.497 e. The van der Waals surface area contributed by atoms with E-state index in [4.69, 9.17) is 9.47 Å². The Morgan fingerprint density at radius 1 is 1.35 bits per heavy atom. The van der Waals surface area contributed by atoms with E-state index >= 15 is 0 Å². The van der Waals surface area contributed by atoms with Crippen LogP contribution in [0.5, 0.6) is 5.75 Å². The monoisotopic (exact) mass is 231 g/mol. The van der Waals surface area contributed by atoms with Gasteiger partial charge in [0.2, 0.25) is 0 Å². The summed E-state index contributed by atoms with van der Waals surface area (Å²) >= 11 is 0. The summed E-state index contributed by atoms with van der Waals surface area (Å²) in [6.45, 7) is 1.27. The van der Waals surface area contributed by atoms with E-state index in [0.717, 1.165) is 17.0 Å². The van der Waals surface area contributed by atoms with Crippen LogP contribution in [-0.4, -0.2) is 22.1 Å². The maximum Gasteiger partial charge on any atom is 0.118 e. The van der Waals surface area contributed by atoms with Gasteiger partial charge in [-0.05, 0) is 17.7 Å². The molecule has 0 saturated carbocycles. The van der Waals surface area contributed by atoms with E-state index in [1.165, 1.54) is 0 Å². The molecule has 0 spiro atoms. The minimum atomic E-state index is 0.0371. The molecule has 0 radical (unpaired) electrons. The van der Waals surface area contributed by atoms with Crippen molar-refractivity contribution in [2.24, 2.45) is 0 Å². The van der Waals surface area contributed by atoms with Gasteiger partial charge in [-0.1, -0.05) is 17.3 Å². The zero-order valence-electron chi connectivity index (χ0n) is 9.54. The van der Waals surface area contributed by atoms with Gasteiger partial charge >= 0.3 is 0 Å². The predicted octanol–water partition coefficient (Wildman–Crippen LogP) is 1.56. The average molecular weight is 231 g/mol. The fraction of sp³-hybridized carbons (Fsp3) is 0.333. The van der Waals surface area contributed by atoms with Crippen molar-refractivity contribution in [1.82, 2.24) is 15.0 Å². The summed E-state index contributed by atoms with van der Waals surface area (Å²) < 4.78 is 12.8. The first-order valence-corrected chi connectivity index (χ1v) is 5.50. The van der Waals surface area contributed by atoms with Crippen molar-refractivity contribution in [3.05, 3.63) is 41.7 Å². The second-order valence-corrected chi connectivity index (χ2v) is 3.98. The SMILES string of the molecule is COc1ccc([C@@H]2Cn3nncc3CO2)cc1. The number of benzene rings is 1. The summed E-state index contributed by atoms with van der Waals surface area (Å²) in [5.41, 5.74) is 2.15. The summed E-state index contributed by atoms with van der Waals surface area (Å²) in [4.78, 5) is 0. The van der Waals surface area contributed by atoms with Crippen molar-refractivity contribution in [2.45, 2.75) is 19.3 Å². The van der Waals surface area contributed by atoms with Gasteiger partial charge in [-0.2, -0.15) is 0 Å². The normalized spacial score (nSPS) is 18.8. The minimum absolute atomic E-state index is 0.0371. The van der Waals surface area contributed by atoms with Crippen LogP contribution in [0.3, 0.4) is 0 Å². The number of rotatable bonds is 2. The third-order valence-corrected chi connectivity index (χ3v) is 2.96. The van der Waals surface area contributed by atoms with Gasteiger partial charge in [-0.25, -0.2) is 4.68 Å². The molecule has 1 atom stereocenters. The van der Waals surface area contributed by atoms with Gasteiger partial charge in [0.25, 0.3) is 0 Å². The van der Waals surface area contributed by atoms with Crippen LogP contribution in [0.15, 0.2) is 30.5 Å². The second kappa shape index (κ2) is 4.18. The molecule has 0 fully saturated rings. The molecule has 88 valence electrons. The van der Waals surface area contributed by atoms with Gasteiger partial charge in [0.05, 0.1) is 32.2 Å². The number of nitrogens with zero attached hydrogens (tertiary/aromatic N) is 3. The molecule has 2 heterocycles. The topological polar surface area (TPSA) is 49.2 Å². The standard InChI is InChI=1S/C12H13N3O2/c1-16-11-4-2-9(3-5-11)12-7-15-10(8-17-12)6-13-14-15/h2-6,12H,7-8H2,1H3/t12-/m0/s1. The van der Waals surface area contributed by atoms with Gasteiger partial charge in [-0.3, -0.25) is 0 Å². The molecular weight excluding hydrogens is 218 g/mol. The lowest BCUT2D eigenvalue weighted by Crippen LogP contribution is -2.21. The Balaban J connectivity index is 1.81. The molecule has 5 nitrogen and oxygen atoms in total. The molecule has 0 bridgehead atoms. The Labute approximate surface area is 99.0 Å². The number of ether oxygens (including phenoxy) is 2. The molecule has 0 unspecified atom stereocenters. The zero-order valence-corrected chi connectivity index (χ0v) is 9.54. The maximum atomic E-state index is 5.78. The number of fused-ring (bicyclic) bond motifs is 1. The predicted molar refractivity (Wildman–Crippen MR) is 60.5 cm³/mol. The lowest BCUT2D eigenvalue weighted by atomic mass is 10.1. The summed E-state index contributed by atoms with van der Waals surface area (Å²) in [7, 11) is 1.66. The zero-order chi connectivity index (χ0) is 11.7. The Morgan fingerprint density at radius 3 is 2.94 bits per heavy atom. The van der Waals surface area contributed by atoms with E-state index in [-0.39, 0.29) is 6.10 Å². The highest BCUT2D eigenvalue weighted by Crippen LogP contribution is 2.26. The summed E-state index contributed by atoms with van der Waals surface area (Å²) in [5.74, 6) is 0.853. The molecule has 0 N–H and O–H groups in total. The molecular formula is C12H13N3O2. The van der Waals surface area contributed by atoms with Crippen molar-refractivity contribution >= 4 is 0 Å². The maximum absolute atomic E-state index is 5.78. The van der Waals surface area contributed by atoms with E-state index in [1.807, 2.05) is 28.9 Å². The summed E-state index contributed by atoms with van der Waals surface area (Å²) in [6, 6.07) is 7.92. The number of hydrogen-bond donors (Lipinski definition) is 0. The minimum Gasteiger partial charge on any atom is -0.497 e. The Hall–Kier alpha value is -1.88. The quantitative estimate of drug-likeness (QED) is 0.787. The molecule has 3 rings (SSSR count). The second-order valence-electron chi connectivity index (χ2n) is 3.98. The highest BCUT2D eigenvalue weighted by molar-refractivity contribution is 5.28. The fourth-order valence-corrected chi connectivity index (χ4v) is 1.96. The Kier molecular flexibility index (Phi) is 2.53. The van der Waals surface area contributed by atoms with Crippen LogP contribution in [0.2, 0.25) is 0 Å². The number of methoxy groups -OCH3 is 1. The van der Waals surface area contributed by atoms with Crippen LogP contribution in [0.4, 0.5) is 0 Å². The van der Waals surface area contributed by atoms with Crippen LogP contribution in [0.25, 0.3) is 0 Å². The molecule has 17 heavy (non-hydrogen) atoms. The fourth-order valence-electron chi connectivity index (χ4n) is 1.96. The van der Waals surface area contributed by atoms with Crippen LogP contribution in [0, 0.1) is 0 Å². The molecule has 0 aliphatic carbocycles. The van der Waals surface area contributed by atoms with Gasteiger partial charge in [-0.15, -0.1) is 5.10 Å². The third-order valence-electron chi connectivity index (χ3n) is 2.96. The first kappa shape index (κ1) is 10.3. The molecule has 1 aromatic heterocycles. The van der Waals surface area contributed by atoms with Crippen molar-refractivity contribution < 1.29 is 9.47 Å². The lowest BCUT2D eigenvalue weighted by Gasteiger charge is -2.23. The lowest BCUT2D eigenvalue weighted by molar-refractivity contribution is -0.00139. The third kappa shape index (κ3) is 1.89. The average Bonchev–Trinajstić information content (AvgIpc) is 2.86. The van der Waals surface area contributed by atoms with Crippen molar-refractivity contribution in [1.29, 1.82) is 0 Å². The van der Waals surface area contributed by atoms with E-state index in [2.05, 4.69) is 10.3 Å². The first-order valence-electron chi connectivity index (χ1n) is 5.50. The van der Waals surface area contributed by atoms with Gasteiger partial charge < -0.3 is 9.47 Å². The van der Waals surface area contributed by atoms with Crippen molar-refractivity contribution in [3.8, 4) is 5.75 Å². The van der Waals surface area contributed by atoms with E-state index in [9.17, 15) is 0 Å². The first-order chi connectivity index (χ1) is 8.36. The Bertz CT molecular complexity index is 507. The van der Waals surface area contributed by atoms with Crippen molar-refractivity contribution in [2.75, 3.05) is 7.11 Å².